The number of esters is 2. The third-order valence-electron chi connectivity index (χ3n) is 7.34. The number of carbonyl (C=O) groups is 2. The second-order valence-corrected chi connectivity index (χ2v) is 10.8. The Bertz CT molecular complexity index is 2180. The van der Waals surface area contributed by atoms with Gasteiger partial charge in [-0.15, -0.1) is 20.5 Å². The molecule has 256 valence electrons. The van der Waals surface area contributed by atoms with Gasteiger partial charge in [0.15, 0.2) is 46.3 Å². The van der Waals surface area contributed by atoms with Crippen LogP contribution in [0.1, 0.15) is 38.5 Å². The number of allylic oxidation sites excluding steroid dienone is 1. The molecule has 1 aliphatic rings. The fourth-order valence-electron chi connectivity index (χ4n) is 4.79. The Morgan fingerprint density at radius 1 is 0.820 bits per heavy atom. The topological polar surface area (TPSA) is 251 Å². The Balaban J connectivity index is 1.07. The van der Waals surface area contributed by atoms with Crippen molar-refractivity contribution in [3.8, 4) is 5.82 Å². The van der Waals surface area contributed by atoms with Crippen LogP contribution >= 0.6 is 0 Å². The van der Waals surface area contributed by atoms with Gasteiger partial charge < -0.3 is 20.9 Å². The van der Waals surface area contributed by atoms with E-state index >= 15 is 0 Å². The molecule has 0 aliphatic carbocycles. The molecule has 6 heterocycles. The summed E-state index contributed by atoms with van der Waals surface area (Å²) in [6, 6.07) is 5.33. The lowest BCUT2D eigenvalue weighted by Gasteiger charge is -2.07. The van der Waals surface area contributed by atoms with Gasteiger partial charge in [-0.1, -0.05) is 12.1 Å². The number of anilines is 2. The summed E-state index contributed by atoms with van der Waals surface area (Å²) in [7, 11) is 3.19. The van der Waals surface area contributed by atoms with Gasteiger partial charge in [0, 0.05) is 26.8 Å². The molecule has 6 rings (SSSR count). The van der Waals surface area contributed by atoms with Crippen LogP contribution in [0.2, 0.25) is 0 Å². The molecule has 4 N–H and O–H groups in total. The Hall–Kier alpha value is -6.86. The number of ether oxygens (including phenoxy) is 2. The number of aromatic nitrogens is 9. The van der Waals surface area contributed by atoms with Crippen LogP contribution in [0.15, 0.2) is 74.4 Å². The van der Waals surface area contributed by atoms with Crippen molar-refractivity contribution in [2.24, 2.45) is 39.5 Å². The Kier molecular flexibility index (Phi) is 9.32. The van der Waals surface area contributed by atoms with Gasteiger partial charge in [-0.05, 0) is 38.5 Å². The highest BCUT2D eigenvalue weighted by Gasteiger charge is 2.22. The van der Waals surface area contributed by atoms with Gasteiger partial charge >= 0.3 is 11.9 Å². The van der Waals surface area contributed by atoms with Gasteiger partial charge in [0.05, 0.1) is 23.8 Å². The van der Waals surface area contributed by atoms with Gasteiger partial charge in [0.2, 0.25) is 0 Å². The van der Waals surface area contributed by atoms with Gasteiger partial charge in [-0.25, -0.2) is 23.9 Å². The molecule has 0 radical (unpaired) electrons. The summed E-state index contributed by atoms with van der Waals surface area (Å²) in [6.45, 7) is 3.57. The normalized spacial score (nSPS) is 13.0. The van der Waals surface area contributed by atoms with Crippen LogP contribution in [0, 0.1) is 13.8 Å². The molecule has 0 fully saturated rings. The number of aliphatic imine (C=N–C) groups is 1. The van der Waals surface area contributed by atoms with E-state index in [0.717, 1.165) is 6.42 Å². The molecular formula is C30H32N16O4. The van der Waals surface area contributed by atoms with E-state index in [0.29, 0.717) is 41.0 Å². The fourth-order valence-corrected chi connectivity index (χ4v) is 4.79. The lowest BCUT2D eigenvalue weighted by Crippen LogP contribution is -2.16. The highest BCUT2D eigenvalue weighted by Crippen LogP contribution is 2.32. The molecule has 1 aliphatic heterocycles. The molecule has 5 aromatic heterocycles. The van der Waals surface area contributed by atoms with Crippen molar-refractivity contribution in [2.45, 2.75) is 20.3 Å². The number of rotatable bonds is 10. The molecule has 20 heteroatoms. The van der Waals surface area contributed by atoms with Crippen molar-refractivity contribution < 1.29 is 19.1 Å². The first-order chi connectivity index (χ1) is 24.1. The highest BCUT2D eigenvalue weighted by molar-refractivity contribution is 5.98. The maximum atomic E-state index is 12.9. The smallest absolute Gasteiger partial charge is 0.343 e. The number of hydrogen-bond donors (Lipinski definition) is 2. The molecule has 0 atom stereocenters. The third-order valence-corrected chi connectivity index (χ3v) is 7.34. The number of aryl methyl sites for hydroxylation is 4. The predicted octanol–water partition coefficient (Wildman–Crippen LogP) is 3.76. The number of nitrogens with zero attached hydrogens (tertiary/aromatic N) is 14. The van der Waals surface area contributed by atoms with Crippen LogP contribution in [-0.2, 0) is 23.6 Å². The van der Waals surface area contributed by atoms with E-state index in [1.807, 2.05) is 12.2 Å². The number of nitrogens with two attached hydrogens (primary N) is 2. The van der Waals surface area contributed by atoms with Crippen LogP contribution < -0.4 is 11.5 Å². The van der Waals surface area contributed by atoms with E-state index in [1.165, 1.54) is 31.1 Å². The minimum Gasteiger partial charge on any atom is -0.458 e. The first-order valence-electron chi connectivity index (χ1n) is 15.2. The SMILES string of the molecule is Cc1nn(C2=NCCC=C2)c(N)c1N=Nc1c(C(=O)OCCOC(=O)c2cnn(C)c2N=Nc2c(C)nn(-c3ccccn3)c2N)cnn1C. The highest BCUT2D eigenvalue weighted by atomic mass is 16.6. The molecule has 50 heavy (non-hydrogen) atoms. The minimum absolute atomic E-state index is 0.0374. The summed E-state index contributed by atoms with van der Waals surface area (Å²) in [5.74, 6) is 0.311. The molecule has 20 nitrogen and oxygen atoms in total. The maximum Gasteiger partial charge on any atom is 0.343 e. The Labute approximate surface area is 283 Å². The molecule has 0 bridgehead atoms. The molecule has 0 amide bonds. The molecular weight excluding hydrogens is 648 g/mol. The summed E-state index contributed by atoms with van der Waals surface area (Å²) in [5.41, 5.74) is 14.3. The molecule has 0 saturated heterocycles. The first kappa shape index (κ1) is 33.1. The third kappa shape index (κ3) is 6.61. The zero-order valence-corrected chi connectivity index (χ0v) is 27.5. The summed E-state index contributed by atoms with van der Waals surface area (Å²) < 4.78 is 16.3. The summed E-state index contributed by atoms with van der Waals surface area (Å²) in [6.07, 6.45) is 8.87. The second kappa shape index (κ2) is 14.1. The zero-order valence-electron chi connectivity index (χ0n) is 27.5. The number of carbonyl (C=O) groups excluding carboxylic acids is 2. The lowest BCUT2D eigenvalue weighted by molar-refractivity contribution is 0.0266. The number of azo groups is 2. The van der Waals surface area contributed by atoms with Crippen LogP contribution in [0.3, 0.4) is 0 Å². The van der Waals surface area contributed by atoms with E-state index in [-0.39, 0.29) is 47.6 Å². The average molecular weight is 681 g/mol. The van der Waals surface area contributed by atoms with Gasteiger partial charge in [-0.2, -0.15) is 29.8 Å². The van der Waals surface area contributed by atoms with Crippen LogP contribution in [0.5, 0.6) is 0 Å². The quantitative estimate of drug-likeness (QED) is 0.122. The zero-order chi connectivity index (χ0) is 35.4. The second-order valence-electron chi connectivity index (χ2n) is 10.8. The summed E-state index contributed by atoms with van der Waals surface area (Å²) in [5, 5.41) is 33.9. The maximum absolute atomic E-state index is 12.9. The van der Waals surface area contributed by atoms with E-state index in [1.54, 1.807) is 52.3 Å². The van der Waals surface area contributed by atoms with Crippen LogP contribution in [0.25, 0.3) is 5.82 Å². The van der Waals surface area contributed by atoms with Gasteiger partial charge in [0.25, 0.3) is 0 Å². The Morgan fingerprint density at radius 2 is 1.38 bits per heavy atom. The number of hydrogen-bond acceptors (Lipinski definition) is 16. The predicted molar refractivity (Wildman–Crippen MR) is 179 cm³/mol. The van der Waals surface area contributed by atoms with Crippen molar-refractivity contribution in [1.82, 2.24) is 44.1 Å². The minimum atomic E-state index is -0.754. The standard InChI is InChI=1S/C30H32N16O4/c1-17-23(25(31)45(41-17)21-9-5-7-11-33-21)37-39-27-19(15-35-43(27)3)29(47)49-13-14-50-30(48)20-16-36-44(4)28(20)40-38-24-18(2)42-46(26(24)32)22-10-6-8-12-34-22/h5-7,9-11,15-16H,8,12-14,31-32H2,1-4H3. The van der Waals surface area contributed by atoms with Crippen molar-refractivity contribution >= 4 is 52.4 Å². The number of dihydropyridines is 1. The van der Waals surface area contributed by atoms with Crippen molar-refractivity contribution in [3.05, 3.63) is 71.5 Å². The first-order valence-corrected chi connectivity index (χ1v) is 15.2. The van der Waals surface area contributed by atoms with Crippen molar-refractivity contribution in [3.63, 3.8) is 0 Å². The number of nitrogen functional groups attached to an aromatic ring is 2. The Morgan fingerprint density at radius 3 is 1.90 bits per heavy atom. The van der Waals surface area contributed by atoms with Crippen LogP contribution in [-0.4, -0.2) is 81.6 Å². The molecule has 0 unspecified atom stereocenters. The number of pyridine rings is 1. The average Bonchev–Trinajstić information content (AvgIpc) is 3.84. The molecule has 0 saturated carbocycles. The van der Waals surface area contributed by atoms with Crippen LogP contribution in [0.4, 0.5) is 34.6 Å². The lowest BCUT2D eigenvalue weighted by atomic mass is 10.3. The fraction of sp³-hybridized carbons (Fsp3) is 0.267. The van der Waals surface area contributed by atoms with Crippen molar-refractivity contribution in [2.75, 3.05) is 31.2 Å². The molecule has 0 aromatic carbocycles. The van der Waals surface area contributed by atoms with Gasteiger partial charge in [0.1, 0.15) is 24.3 Å². The van der Waals surface area contributed by atoms with Gasteiger partial charge in [-0.3, -0.25) is 4.99 Å². The summed E-state index contributed by atoms with van der Waals surface area (Å²) in [4.78, 5) is 34.5. The molecule has 0 spiro atoms. The monoisotopic (exact) mass is 680 g/mol. The van der Waals surface area contributed by atoms with E-state index in [4.69, 9.17) is 20.9 Å². The molecule has 5 aromatic rings. The van der Waals surface area contributed by atoms with E-state index in [2.05, 4.69) is 50.8 Å². The van der Waals surface area contributed by atoms with E-state index < -0.39 is 11.9 Å². The summed E-state index contributed by atoms with van der Waals surface area (Å²) >= 11 is 0. The van der Waals surface area contributed by atoms with Crippen molar-refractivity contribution in [1.29, 1.82) is 0 Å². The van der Waals surface area contributed by atoms with E-state index in [9.17, 15) is 9.59 Å². The largest absolute Gasteiger partial charge is 0.458 e.